The van der Waals surface area contributed by atoms with E-state index in [2.05, 4.69) is 57.2 Å². The fourth-order valence-corrected chi connectivity index (χ4v) is 7.44. The summed E-state index contributed by atoms with van der Waals surface area (Å²) in [6.45, 7) is 5.96. The van der Waals surface area contributed by atoms with Crippen LogP contribution in [0.1, 0.15) is 90.3 Å². The maximum atomic E-state index is 14.3. The molecule has 0 aliphatic heterocycles. The molecule has 71 heavy (non-hydrogen) atoms. The molecule has 8 atom stereocenters. The van der Waals surface area contributed by atoms with Crippen LogP contribution in [-0.2, 0) is 51.2 Å². The predicted octanol–water partition coefficient (Wildman–Crippen LogP) is -2.48. The number of aromatic nitrogens is 3. The number of H-pyrrole nitrogens is 2. The van der Waals surface area contributed by atoms with E-state index in [0.717, 1.165) is 10.9 Å². The van der Waals surface area contributed by atoms with Crippen molar-refractivity contribution >= 4 is 64.2 Å². The Kier molecular flexibility index (Phi) is 24.4. The molecule has 25 nitrogen and oxygen atoms in total. The number of aliphatic hydroxyl groups is 1. The van der Waals surface area contributed by atoms with E-state index in [-0.39, 0.29) is 57.6 Å². The van der Waals surface area contributed by atoms with E-state index in [1.165, 1.54) is 19.4 Å². The zero-order chi connectivity index (χ0) is 52.6. The zero-order valence-corrected chi connectivity index (χ0v) is 40.8. The van der Waals surface area contributed by atoms with Crippen LogP contribution in [0.2, 0.25) is 0 Å². The van der Waals surface area contributed by atoms with E-state index in [0.29, 0.717) is 36.9 Å². The number of carbonyl (C=O) groups is 8. The van der Waals surface area contributed by atoms with E-state index in [1.807, 2.05) is 25.1 Å². The van der Waals surface area contributed by atoms with Gasteiger partial charge in [-0.3, -0.25) is 38.6 Å². The fourth-order valence-electron chi connectivity index (χ4n) is 7.44. The number of para-hydroxylation sites is 1. The number of aliphatic carboxylic acids is 1. The number of nitrogens with two attached hydrogens (primary N) is 4. The molecule has 3 rings (SSSR count). The first-order chi connectivity index (χ1) is 33.7. The minimum atomic E-state index is -1.59. The van der Waals surface area contributed by atoms with Gasteiger partial charge in [-0.15, -0.1) is 0 Å². The molecular weight excluding hydrogens is 923 g/mol. The Morgan fingerprint density at radius 1 is 0.718 bits per heavy atom. The number of hydrogen-bond acceptors (Lipinski definition) is 13. The molecule has 0 aliphatic carbocycles. The zero-order valence-electron chi connectivity index (χ0n) is 40.8. The Labute approximate surface area is 412 Å². The smallest absolute Gasteiger partial charge is 0.326 e. The summed E-state index contributed by atoms with van der Waals surface area (Å²) < 4.78 is 0. The van der Waals surface area contributed by atoms with E-state index >= 15 is 0 Å². The summed E-state index contributed by atoms with van der Waals surface area (Å²) in [4.78, 5) is 122. The highest BCUT2D eigenvalue weighted by molar-refractivity contribution is 5.97. The van der Waals surface area contributed by atoms with Gasteiger partial charge in [-0.1, -0.05) is 51.8 Å². The quantitative estimate of drug-likeness (QED) is 0.0175. The topological polar surface area (TPSA) is 422 Å². The van der Waals surface area contributed by atoms with E-state index in [9.17, 15) is 48.6 Å². The summed E-state index contributed by atoms with van der Waals surface area (Å²) in [6, 6.07) is -1.68. The van der Waals surface area contributed by atoms with Gasteiger partial charge in [0.1, 0.15) is 36.3 Å². The van der Waals surface area contributed by atoms with Crippen LogP contribution in [0.15, 0.2) is 48.0 Å². The maximum absolute atomic E-state index is 14.3. The Bertz CT molecular complexity index is 2250. The highest BCUT2D eigenvalue weighted by Gasteiger charge is 2.34. The van der Waals surface area contributed by atoms with Crippen molar-refractivity contribution in [3.63, 3.8) is 0 Å². The highest BCUT2D eigenvalue weighted by atomic mass is 16.4. The first-order valence-electron chi connectivity index (χ1n) is 23.8. The monoisotopic (exact) mass is 996 g/mol. The minimum absolute atomic E-state index is 0.00494. The molecule has 0 fully saturated rings. The number of carboxylic acids is 1. The lowest BCUT2D eigenvalue weighted by atomic mass is 10.0. The Morgan fingerprint density at radius 2 is 1.32 bits per heavy atom. The van der Waals surface area contributed by atoms with Crippen molar-refractivity contribution < 1.29 is 48.6 Å². The maximum Gasteiger partial charge on any atom is 0.326 e. The highest BCUT2D eigenvalue weighted by Crippen LogP contribution is 2.20. The standard InChI is InChI=1S/C46H73N15O10/c1-5-6-13-33(57-39(64)30(48)20-28-22-51-24-55-28)41(66)58-34(16-11-18-52-46(49)50)42(67)59-35(19-27-21-53-31-14-8-7-12-29(27)31)40(65)54-23-36(63)56-32(15-9-10-17-47)43(68)61-38(26(4)62)44(69)60-37(25(2)3)45(70)71/h7-8,12,14,21-22,24-26,30,32-35,37-38,53,62H,5-6,9-11,13,15-20,23,47-48H2,1-4H3,(H,51,55)(H,54,65)(H,56,63)(H,57,64)(H,58,66)(H,59,67)(H,60,69)(H,61,68)(H,70,71)(H4,49,50,52)/t26-,30+,32+,33-,34+,35+,37+,38+/m1/s1. The number of nitrogens with zero attached hydrogens (tertiary/aromatic N) is 2. The van der Waals surface area contributed by atoms with Crippen molar-refractivity contribution in [2.75, 3.05) is 19.6 Å². The van der Waals surface area contributed by atoms with Crippen LogP contribution in [-0.4, -0.2) is 146 Å². The molecule has 0 unspecified atom stereocenters. The van der Waals surface area contributed by atoms with Crippen LogP contribution in [0.25, 0.3) is 10.9 Å². The number of imidazole rings is 1. The first kappa shape index (κ1) is 58.2. The van der Waals surface area contributed by atoms with E-state index in [1.54, 1.807) is 26.1 Å². The second-order valence-electron chi connectivity index (χ2n) is 17.6. The van der Waals surface area contributed by atoms with Gasteiger partial charge in [0, 0.05) is 48.4 Å². The molecule has 0 aliphatic rings. The fraction of sp³-hybridized carbons (Fsp3) is 0.565. The van der Waals surface area contributed by atoms with Crippen molar-refractivity contribution in [2.45, 2.75) is 140 Å². The van der Waals surface area contributed by atoms with Crippen molar-refractivity contribution in [3.05, 3.63) is 54.2 Å². The van der Waals surface area contributed by atoms with Crippen molar-refractivity contribution in [3.8, 4) is 0 Å². The van der Waals surface area contributed by atoms with Crippen molar-refractivity contribution in [2.24, 2.45) is 33.8 Å². The Hall–Kier alpha value is -7.12. The molecule has 0 saturated heterocycles. The molecule has 0 saturated carbocycles. The summed E-state index contributed by atoms with van der Waals surface area (Å²) in [5, 5.41) is 38.8. The van der Waals surface area contributed by atoms with Gasteiger partial charge in [0.05, 0.1) is 25.0 Å². The summed E-state index contributed by atoms with van der Waals surface area (Å²) in [5.41, 5.74) is 24.9. The van der Waals surface area contributed by atoms with Gasteiger partial charge in [0.15, 0.2) is 5.96 Å². The van der Waals surface area contributed by atoms with E-state index in [4.69, 9.17) is 22.9 Å². The average molecular weight is 996 g/mol. The molecule has 2 aromatic heterocycles. The van der Waals surface area contributed by atoms with Crippen molar-refractivity contribution in [1.82, 2.24) is 52.2 Å². The first-order valence-corrected chi connectivity index (χ1v) is 23.8. The Balaban J connectivity index is 1.86. The molecule has 7 amide bonds. The molecule has 3 aromatic rings. The van der Waals surface area contributed by atoms with Crippen LogP contribution >= 0.6 is 0 Å². The lowest BCUT2D eigenvalue weighted by Gasteiger charge is -2.27. The van der Waals surface area contributed by atoms with Gasteiger partial charge in [0.25, 0.3) is 0 Å². The van der Waals surface area contributed by atoms with Gasteiger partial charge in [-0.2, -0.15) is 0 Å². The molecule has 2 heterocycles. The van der Waals surface area contributed by atoms with Gasteiger partial charge in [-0.25, -0.2) is 9.78 Å². The average Bonchev–Trinajstić information content (AvgIpc) is 4.00. The van der Waals surface area contributed by atoms with Gasteiger partial charge >= 0.3 is 5.97 Å². The molecule has 25 heteroatoms. The van der Waals surface area contributed by atoms with Crippen LogP contribution in [0.5, 0.6) is 0 Å². The summed E-state index contributed by atoms with van der Waals surface area (Å²) >= 11 is 0. The number of carbonyl (C=O) groups excluding carboxylic acids is 7. The lowest BCUT2D eigenvalue weighted by Crippen LogP contribution is -2.60. The summed E-state index contributed by atoms with van der Waals surface area (Å²) in [6.07, 6.45) is 5.72. The molecule has 0 bridgehead atoms. The third kappa shape index (κ3) is 19.7. The number of guanidine groups is 1. The molecule has 19 N–H and O–H groups in total. The second kappa shape index (κ2) is 29.8. The molecular formula is C46H73N15O10. The third-order valence-electron chi connectivity index (χ3n) is 11.4. The van der Waals surface area contributed by atoms with Crippen LogP contribution in [0, 0.1) is 5.92 Å². The van der Waals surface area contributed by atoms with Gasteiger partial charge in [0.2, 0.25) is 41.4 Å². The predicted molar refractivity (Wildman–Crippen MR) is 263 cm³/mol. The number of aromatic amines is 2. The summed E-state index contributed by atoms with van der Waals surface area (Å²) in [5.74, 6) is -7.56. The molecule has 1 aromatic carbocycles. The number of carboxylic acid groups (broad SMARTS) is 1. The molecule has 0 spiro atoms. The largest absolute Gasteiger partial charge is 0.480 e. The van der Waals surface area contributed by atoms with E-state index < -0.39 is 108 Å². The third-order valence-corrected chi connectivity index (χ3v) is 11.4. The number of nitrogens with one attached hydrogen (secondary N) is 9. The number of fused-ring (bicyclic) bond motifs is 1. The second-order valence-corrected chi connectivity index (χ2v) is 17.6. The molecule has 392 valence electrons. The lowest BCUT2D eigenvalue weighted by molar-refractivity contribution is -0.144. The SMILES string of the molecule is CCCC[C@@H](NC(=O)[C@@H](N)Cc1cnc[nH]1)C(=O)N[C@@H](CCCN=C(N)N)C(=O)N[C@@H](Cc1c[nH]c2ccccc12)C(=O)NCC(=O)N[C@@H](CCCCN)C(=O)N[C@H](C(=O)N[C@H](C(=O)O)C(C)C)[C@@H](C)O. The van der Waals surface area contributed by atoms with Gasteiger partial charge in [-0.05, 0) is 69.5 Å². The van der Waals surface area contributed by atoms with Gasteiger partial charge < -0.3 is 80.3 Å². The number of aliphatic hydroxyl groups excluding tert-OH is 1. The van der Waals surface area contributed by atoms with Crippen LogP contribution in [0.4, 0.5) is 0 Å². The van der Waals surface area contributed by atoms with Crippen LogP contribution < -0.4 is 60.2 Å². The van der Waals surface area contributed by atoms with Crippen LogP contribution in [0.3, 0.4) is 0 Å². The number of aliphatic imine (C=N–C) groups is 1. The van der Waals surface area contributed by atoms with Crippen molar-refractivity contribution in [1.29, 1.82) is 0 Å². The number of hydrogen-bond donors (Lipinski definition) is 15. The normalized spacial score (nSPS) is 14.6. The number of unbranched alkanes of at least 4 members (excludes halogenated alkanes) is 2. The number of benzene rings is 1. The number of rotatable bonds is 32. The number of amides is 7. The Morgan fingerprint density at radius 3 is 1.93 bits per heavy atom. The minimum Gasteiger partial charge on any atom is -0.480 e. The molecule has 0 radical (unpaired) electrons. The summed E-state index contributed by atoms with van der Waals surface area (Å²) in [7, 11) is 0.